The summed E-state index contributed by atoms with van der Waals surface area (Å²) in [7, 11) is -4.00. The first-order valence-electron chi connectivity index (χ1n) is 9.11. The summed E-state index contributed by atoms with van der Waals surface area (Å²) in [5.41, 5.74) is 0.691. The fourth-order valence-electron chi connectivity index (χ4n) is 3.05. The number of nitrogens with zero attached hydrogens (tertiary/aromatic N) is 4. The summed E-state index contributed by atoms with van der Waals surface area (Å²) in [6.07, 6.45) is 1.39. The molecule has 0 aliphatic heterocycles. The molecule has 30 heavy (non-hydrogen) atoms. The van der Waals surface area contributed by atoms with Gasteiger partial charge in [-0.2, -0.15) is 4.31 Å². The highest BCUT2D eigenvalue weighted by molar-refractivity contribution is 7.89. The molecule has 156 valence electrons. The molecule has 9 nitrogen and oxygen atoms in total. The molecule has 0 spiro atoms. The molecule has 1 saturated carbocycles. The lowest BCUT2D eigenvalue weighted by atomic mass is 10.2. The molecule has 0 N–H and O–H groups in total. The second-order valence-corrected chi connectivity index (χ2v) is 9.27. The monoisotopic (exact) mass is 448 g/mol. The average molecular weight is 449 g/mol. The minimum absolute atomic E-state index is 0.113. The van der Waals surface area contributed by atoms with Gasteiger partial charge in [0.2, 0.25) is 21.8 Å². The standard InChI is InChI=1S/C19H17ClN4O5S/c1-12-6-9-14(10-17(12)24(25)26)30(27,28)23(13-7-8-13)11-18-21-22-19(29-18)15-4-2-3-5-16(15)20/h2-6,9-10,13H,7-8,11H2,1H3. The van der Waals surface area contributed by atoms with E-state index in [2.05, 4.69) is 10.2 Å². The molecule has 3 aromatic rings. The van der Waals surface area contributed by atoms with Crippen molar-refractivity contribution in [1.82, 2.24) is 14.5 Å². The summed E-state index contributed by atoms with van der Waals surface area (Å²) < 4.78 is 33.4. The molecule has 4 rings (SSSR count). The number of nitro groups is 1. The highest BCUT2D eigenvalue weighted by atomic mass is 35.5. The lowest BCUT2D eigenvalue weighted by molar-refractivity contribution is -0.385. The zero-order chi connectivity index (χ0) is 21.5. The highest BCUT2D eigenvalue weighted by Gasteiger charge is 2.39. The number of aryl methyl sites for hydroxylation is 1. The van der Waals surface area contributed by atoms with Crippen molar-refractivity contribution < 1.29 is 17.8 Å². The van der Waals surface area contributed by atoms with Crippen LogP contribution in [0.15, 0.2) is 51.8 Å². The molecule has 0 radical (unpaired) electrons. The van der Waals surface area contributed by atoms with E-state index in [9.17, 15) is 18.5 Å². The summed E-state index contributed by atoms with van der Waals surface area (Å²) in [6.45, 7) is 1.42. The molecule has 0 unspecified atom stereocenters. The summed E-state index contributed by atoms with van der Waals surface area (Å²) >= 11 is 6.15. The van der Waals surface area contributed by atoms with Crippen LogP contribution in [0.25, 0.3) is 11.5 Å². The molecule has 1 aromatic heterocycles. The van der Waals surface area contributed by atoms with Crippen LogP contribution in [0.3, 0.4) is 0 Å². The third-order valence-electron chi connectivity index (χ3n) is 4.80. The van der Waals surface area contributed by atoms with Gasteiger partial charge in [0, 0.05) is 17.7 Å². The zero-order valence-electron chi connectivity index (χ0n) is 15.9. The van der Waals surface area contributed by atoms with Gasteiger partial charge >= 0.3 is 0 Å². The lowest BCUT2D eigenvalue weighted by Crippen LogP contribution is -2.32. The van der Waals surface area contributed by atoms with Crippen molar-refractivity contribution >= 4 is 27.3 Å². The van der Waals surface area contributed by atoms with Crippen LogP contribution in [0.1, 0.15) is 24.3 Å². The van der Waals surface area contributed by atoms with E-state index in [0.29, 0.717) is 29.0 Å². The van der Waals surface area contributed by atoms with E-state index in [1.807, 2.05) is 0 Å². The smallest absolute Gasteiger partial charge is 0.273 e. The Morgan fingerprint density at radius 1 is 1.23 bits per heavy atom. The normalized spacial score (nSPS) is 14.2. The minimum Gasteiger partial charge on any atom is -0.419 e. The maximum absolute atomic E-state index is 13.2. The van der Waals surface area contributed by atoms with E-state index >= 15 is 0 Å². The number of halogens is 1. The first kappa shape index (κ1) is 20.5. The first-order chi connectivity index (χ1) is 14.3. The van der Waals surface area contributed by atoms with Gasteiger partial charge in [0.25, 0.3) is 5.69 Å². The Balaban J connectivity index is 1.65. The second-order valence-electron chi connectivity index (χ2n) is 6.97. The molecule has 11 heteroatoms. The second kappa shape index (κ2) is 7.78. The van der Waals surface area contributed by atoms with Gasteiger partial charge in [-0.15, -0.1) is 10.2 Å². The molecular weight excluding hydrogens is 432 g/mol. The molecule has 1 aliphatic carbocycles. The number of aromatic nitrogens is 2. The van der Waals surface area contributed by atoms with Crippen molar-refractivity contribution in [3.8, 4) is 11.5 Å². The minimum atomic E-state index is -4.00. The van der Waals surface area contributed by atoms with E-state index in [-0.39, 0.29) is 35.0 Å². The number of hydrogen-bond acceptors (Lipinski definition) is 7. The third kappa shape index (κ3) is 3.93. The van der Waals surface area contributed by atoms with Gasteiger partial charge in [0.1, 0.15) is 0 Å². The van der Waals surface area contributed by atoms with E-state index in [0.717, 1.165) is 6.07 Å². The predicted molar refractivity (Wildman–Crippen MR) is 108 cm³/mol. The van der Waals surface area contributed by atoms with Crippen LogP contribution >= 0.6 is 11.6 Å². The highest BCUT2D eigenvalue weighted by Crippen LogP contribution is 2.35. The van der Waals surface area contributed by atoms with Crippen molar-refractivity contribution in [2.75, 3.05) is 0 Å². The van der Waals surface area contributed by atoms with Crippen LogP contribution in [0.4, 0.5) is 5.69 Å². The van der Waals surface area contributed by atoms with Crippen LogP contribution in [0.2, 0.25) is 5.02 Å². The molecule has 2 aromatic carbocycles. The Kier molecular flexibility index (Phi) is 5.31. The number of nitro benzene ring substituents is 1. The molecule has 1 fully saturated rings. The van der Waals surface area contributed by atoms with Crippen LogP contribution in [0, 0.1) is 17.0 Å². The number of rotatable bonds is 7. The van der Waals surface area contributed by atoms with Gasteiger partial charge in [0.05, 0.1) is 26.9 Å². The zero-order valence-corrected chi connectivity index (χ0v) is 17.4. The predicted octanol–water partition coefficient (Wildman–Crippen LogP) is 3.96. The fourth-order valence-corrected chi connectivity index (χ4v) is 4.92. The molecule has 0 atom stereocenters. The van der Waals surface area contributed by atoms with Crippen LogP contribution < -0.4 is 0 Å². The maximum atomic E-state index is 13.2. The summed E-state index contributed by atoms with van der Waals surface area (Å²) in [5, 5.41) is 19.6. The average Bonchev–Trinajstić information content (AvgIpc) is 3.44. The summed E-state index contributed by atoms with van der Waals surface area (Å²) in [5.74, 6) is 0.303. The van der Waals surface area contributed by atoms with Crippen molar-refractivity contribution in [2.24, 2.45) is 0 Å². The van der Waals surface area contributed by atoms with Gasteiger partial charge in [-0.3, -0.25) is 10.1 Å². The maximum Gasteiger partial charge on any atom is 0.273 e. The summed E-state index contributed by atoms with van der Waals surface area (Å²) in [6, 6.07) is 10.6. The SMILES string of the molecule is Cc1ccc(S(=O)(=O)N(Cc2nnc(-c3ccccc3Cl)o2)C2CC2)cc1[N+](=O)[O-]. The Morgan fingerprint density at radius 2 is 1.97 bits per heavy atom. The van der Waals surface area contributed by atoms with Crippen LogP contribution in [-0.2, 0) is 16.6 Å². The largest absolute Gasteiger partial charge is 0.419 e. The van der Waals surface area contributed by atoms with Gasteiger partial charge in [-0.25, -0.2) is 8.42 Å². The van der Waals surface area contributed by atoms with Crippen molar-refractivity contribution in [3.63, 3.8) is 0 Å². The van der Waals surface area contributed by atoms with Gasteiger partial charge in [-0.1, -0.05) is 29.8 Å². The van der Waals surface area contributed by atoms with Crippen LogP contribution in [-0.4, -0.2) is 33.9 Å². The fraction of sp³-hybridized carbons (Fsp3) is 0.263. The quantitative estimate of drug-likeness (QED) is 0.396. The van der Waals surface area contributed by atoms with E-state index in [4.69, 9.17) is 16.0 Å². The number of hydrogen-bond donors (Lipinski definition) is 0. The van der Waals surface area contributed by atoms with Crippen LogP contribution in [0.5, 0.6) is 0 Å². The molecule has 0 amide bonds. The summed E-state index contributed by atoms with van der Waals surface area (Å²) in [4.78, 5) is 10.5. The third-order valence-corrected chi connectivity index (χ3v) is 7.02. The van der Waals surface area contributed by atoms with E-state index in [1.165, 1.54) is 16.4 Å². The molecule has 1 heterocycles. The van der Waals surface area contributed by atoms with Gasteiger partial charge in [-0.05, 0) is 38.0 Å². The number of sulfonamides is 1. The van der Waals surface area contributed by atoms with Gasteiger partial charge in [0.15, 0.2) is 0 Å². The van der Waals surface area contributed by atoms with E-state index in [1.54, 1.807) is 31.2 Å². The molecule has 1 aliphatic rings. The first-order valence-corrected chi connectivity index (χ1v) is 10.9. The number of benzene rings is 2. The lowest BCUT2D eigenvalue weighted by Gasteiger charge is -2.20. The van der Waals surface area contributed by atoms with Gasteiger partial charge < -0.3 is 4.42 Å². The Labute approximate surface area is 177 Å². The molecule has 0 saturated heterocycles. The molecule has 0 bridgehead atoms. The van der Waals surface area contributed by atoms with E-state index < -0.39 is 14.9 Å². The Morgan fingerprint density at radius 3 is 2.63 bits per heavy atom. The Bertz CT molecular complexity index is 1220. The van der Waals surface area contributed by atoms with Crippen molar-refractivity contribution in [2.45, 2.75) is 37.2 Å². The van der Waals surface area contributed by atoms with Crippen molar-refractivity contribution in [1.29, 1.82) is 0 Å². The topological polar surface area (TPSA) is 119 Å². The Hall–Kier alpha value is -2.82. The van der Waals surface area contributed by atoms with Crippen molar-refractivity contribution in [3.05, 3.63) is 69.1 Å². The molecular formula is C19H17ClN4O5S.